The molecule has 0 amide bonds. The molecule has 1 aromatic carbocycles. The minimum atomic E-state index is -0.358. The molecule has 1 aliphatic rings. The van der Waals surface area contributed by atoms with E-state index >= 15 is 0 Å². The zero-order valence-corrected chi connectivity index (χ0v) is 14.2. The molecule has 1 saturated heterocycles. The maximum Gasteiger partial charge on any atom is 0.325 e. The first-order valence-electron chi connectivity index (χ1n) is 8.15. The number of anilines is 2. The molecule has 1 fully saturated rings. The van der Waals surface area contributed by atoms with Gasteiger partial charge in [-0.15, -0.1) is 10.2 Å². The number of para-hydroxylation sites is 1. The molecule has 2 aromatic rings. The van der Waals surface area contributed by atoms with Gasteiger partial charge in [-0.2, -0.15) is 0 Å². The van der Waals surface area contributed by atoms with Crippen molar-refractivity contribution in [1.82, 2.24) is 9.88 Å². The van der Waals surface area contributed by atoms with Crippen molar-refractivity contribution < 1.29 is 14.3 Å². The van der Waals surface area contributed by atoms with E-state index in [-0.39, 0.29) is 18.3 Å². The molecule has 26 heavy (non-hydrogen) atoms. The van der Waals surface area contributed by atoms with Crippen LogP contribution in [0.2, 0.25) is 0 Å². The maximum atomic E-state index is 12.2. The number of azo groups is 1. The van der Waals surface area contributed by atoms with E-state index in [1.807, 2.05) is 4.90 Å². The number of carbonyl (C=O) groups excluding carboxylic acids is 1. The predicted molar refractivity (Wildman–Crippen MR) is 96.6 cm³/mol. The highest BCUT2D eigenvalue weighted by molar-refractivity contribution is 5.76. The lowest BCUT2D eigenvalue weighted by Gasteiger charge is -2.25. The SMILES string of the molecule is Nc1ccc(/N=N/c2ccccc2OC(=O)CN2CCOCC2)c(N)n1. The third kappa shape index (κ3) is 4.74. The van der Waals surface area contributed by atoms with Crippen LogP contribution in [-0.4, -0.2) is 48.7 Å². The number of aromatic nitrogens is 1. The van der Waals surface area contributed by atoms with Crippen LogP contribution < -0.4 is 16.2 Å². The number of benzene rings is 1. The summed E-state index contributed by atoms with van der Waals surface area (Å²) >= 11 is 0. The van der Waals surface area contributed by atoms with E-state index in [1.54, 1.807) is 36.4 Å². The topological polar surface area (TPSA) is 128 Å². The number of rotatable bonds is 5. The molecule has 0 aliphatic carbocycles. The Bertz CT molecular complexity index is 805. The van der Waals surface area contributed by atoms with Gasteiger partial charge in [0, 0.05) is 13.1 Å². The van der Waals surface area contributed by atoms with Crippen LogP contribution in [0.3, 0.4) is 0 Å². The van der Waals surface area contributed by atoms with Crippen molar-refractivity contribution in [3.8, 4) is 5.75 Å². The van der Waals surface area contributed by atoms with Gasteiger partial charge in [-0.3, -0.25) is 9.69 Å². The van der Waals surface area contributed by atoms with Gasteiger partial charge in [0.05, 0.1) is 19.8 Å². The predicted octanol–water partition coefficient (Wildman–Crippen LogP) is 1.90. The molecule has 1 aliphatic heterocycles. The van der Waals surface area contributed by atoms with Gasteiger partial charge in [0.1, 0.15) is 17.2 Å². The van der Waals surface area contributed by atoms with Gasteiger partial charge in [-0.1, -0.05) is 12.1 Å². The molecule has 9 heteroatoms. The molecule has 0 radical (unpaired) electrons. The smallest absolute Gasteiger partial charge is 0.325 e. The first kappa shape index (κ1) is 17.8. The minimum Gasteiger partial charge on any atom is -0.423 e. The number of esters is 1. The van der Waals surface area contributed by atoms with Crippen molar-refractivity contribution in [2.45, 2.75) is 0 Å². The molecule has 0 atom stereocenters. The summed E-state index contributed by atoms with van der Waals surface area (Å²) in [5.74, 6) is 0.453. The molecule has 9 nitrogen and oxygen atoms in total. The Balaban J connectivity index is 1.69. The number of hydrogen-bond acceptors (Lipinski definition) is 9. The number of ether oxygens (including phenoxy) is 2. The maximum absolute atomic E-state index is 12.2. The van der Waals surface area contributed by atoms with Crippen LogP contribution in [0.4, 0.5) is 23.0 Å². The van der Waals surface area contributed by atoms with Gasteiger partial charge in [0.15, 0.2) is 11.6 Å². The van der Waals surface area contributed by atoms with E-state index in [4.69, 9.17) is 20.9 Å². The number of morpholine rings is 1. The number of nitrogen functional groups attached to an aromatic ring is 2. The molecular weight excluding hydrogens is 336 g/mol. The van der Waals surface area contributed by atoms with Crippen molar-refractivity contribution in [1.29, 1.82) is 0 Å². The summed E-state index contributed by atoms with van der Waals surface area (Å²) in [6, 6.07) is 10.1. The molecule has 0 spiro atoms. The Morgan fingerprint density at radius 2 is 1.85 bits per heavy atom. The lowest BCUT2D eigenvalue weighted by Crippen LogP contribution is -2.40. The van der Waals surface area contributed by atoms with Crippen LogP contribution in [-0.2, 0) is 9.53 Å². The third-order valence-electron chi connectivity index (χ3n) is 3.73. The number of hydrogen-bond donors (Lipinski definition) is 2. The molecular formula is C17H20N6O3. The van der Waals surface area contributed by atoms with Gasteiger partial charge in [0.2, 0.25) is 0 Å². The summed E-state index contributed by atoms with van der Waals surface area (Å²) in [6.45, 7) is 2.85. The van der Waals surface area contributed by atoms with Crippen LogP contribution in [0.1, 0.15) is 0 Å². The molecule has 4 N–H and O–H groups in total. The second-order valence-electron chi connectivity index (χ2n) is 5.67. The van der Waals surface area contributed by atoms with Crippen LogP contribution in [0, 0.1) is 0 Å². The Hall–Kier alpha value is -3.04. The molecule has 0 saturated carbocycles. The summed E-state index contributed by atoms with van der Waals surface area (Å²) in [4.78, 5) is 18.1. The molecule has 2 heterocycles. The average molecular weight is 356 g/mol. The Labute approximate surface area is 150 Å². The van der Waals surface area contributed by atoms with Gasteiger partial charge < -0.3 is 20.9 Å². The molecule has 0 bridgehead atoms. The number of pyridine rings is 1. The van der Waals surface area contributed by atoms with Gasteiger partial charge in [-0.25, -0.2) is 4.98 Å². The highest BCUT2D eigenvalue weighted by atomic mass is 16.5. The quantitative estimate of drug-likeness (QED) is 0.475. The lowest BCUT2D eigenvalue weighted by molar-refractivity contribution is -0.136. The Kier molecular flexibility index (Phi) is 5.72. The van der Waals surface area contributed by atoms with E-state index in [2.05, 4.69) is 15.2 Å². The summed E-state index contributed by atoms with van der Waals surface area (Å²) in [5, 5.41) is 8.18. The molecule has 3 rings (SSSR count). The van der Waals surface area contributed by atoms with E-state index in [9.17, 15) is 4.79 Å². The number of carbonyl (C=O) groups is 1. The minimum absolute atomic E-state index is 0.176. The van der Waals surface area contributed by atoms with Crippen molar-refractivity contribution in [2.24, 2.45) is 10.2 Å². The monoisotopic (exact) mass is 356 g/mol. The van der Waals surface area contributed by atoms with Gasteiger partial charge >= 0.3 is 5.97 Å². The largest absolute Gasteiger partial charge is 0.423 e. The highest BCUT2D eigenvalue weighted by Gasteiger charge is 2.16. The Morgan fingerprint density at radius 1 is 1.12 bits per heavy atom. The number of nitrogens with zero attached hydrogens (tertiary/aromatic N) is 4. The first-order valence-corrected chi connectivity index (χ1v) is 8.15. The number of nitrogens with two attached hydrogens (primary N) is 2. The summed E-state index contributed by atoms with van der Waals surface area (Å²) < 4.78 is 10.7. The molecule has 1 aromatic heterocycles. The van der Waals surface area contributed by atoms with Gasteiger partial charge in [-0.05, 0) is 24.3 Å². The molecule has 0 unspecified atom stereocenters. The average Bonchev–Trinajstić information content (AvgIpc) is 2.63. The fourth-order valence-electron chi connectivity index (χ4n) is 2.40. The van der Waals surface area contributed by atoms with Crippen LogP contribution >= 0.6 is 0 Å². The first-order chi connectivity index (χ1) is 12.6. The highest BCUT2D eigenvalue weighted by Crippen LogP contribution is 2.30. The van der Waals surface area contributed by atoms with E-state index in [1.165, 1.54) is 0 Å². The van der Waals surface area contributed by atoms with Crippen LogP contribution in [0.25, 0.3) is 0 Å². The normalized spacial score (nSPS) is 15.2. The zero-order valence-electron chi connectivity index (χ0n) is 14.2. The zero-order chi connectivity index (χ0) is 18.4. The van der Waals surface area contributed by atoms with Crippen LogP contribution in [0.15, 0.2) is 46.6 Å². The summed E-state index contributed by atoms with van der Waals surface area (Å²) in [7, 11) is 0. The molecule has 136 valence electrons. The van der Waals surface area contributed by atoms with Gasteiger partial charge in [0.25, 0.3) is 0 Å². The fourth-order valence-corrected chi connectivity index (χ4v) is 2.40. The van der Waals surface area contributed by atoms with Crippen molar-refractivity contribution in [2.75, 3.05) is 44.3 Å². The third-order valence-corrected chi connectivity index (χ3v) is 3.73. The van der Waals surface area contributed by atoms with E-state index in [0.29, 0.717) is 49.2 Å². The second-order valence-corrected chi connectivity index (χ2v) is 5.67. The fraction of sp³-hybridized carbons (Fsp3) is 0.294. The summed E-state index contributed by atoms with van der Waals surface area (Å²) in [6.07, 6.45) is 0. The van der Waals surface area contributed by atoms with E-state index in [0.717, 1.165) is 0 Å². The van der Waals surface area contributed by atoms with E-state index < -0.39 is 0 Å². The van der Waals surface area contributed by atoms with Crippen molar-refractivity contribution in [3.63, 3.8) is 0 Å². The van der Waals surface area contributed by atoms with Crippen molar-refractivity contribution >= 4 is 29.0 Å². The van der Waals surface area contributed by atoms with Crippen LogP contribution in [0.5, 0.6) is 5.75 Å². The Morgan fingerprint density at radius 3 is 2.62 bits per heavy atom. The standard InChI is InChI=1S/C17H20N6O3/c18-15-6-5-13(17(19)20-15)22-21-12-3-1-2-4-14(12)26-16(24)11-23-7-9-25-10-8-23/h1-6H,7-11H2,(H4,18,19,20)/b22-21+. The summed E-state index contributed by atoms with van der Waals surface area (Å²) in [5.41, 5.74) is 12.1. The lowest BCUT2D eigenvalue weighted by atomic mass is 10.3. The van der Waals surface area contributed by atoms with Crippen molar-refractivity contribution in [3.05, 3.63) is 36.4 Å². The second kappa shape index (κ2) is 8.37.